The standard InChI is InChI=1S/C14H28N2O2/c1-12-7-16(8-13(2)18-12)10-14(9-15-3)5-4-6-17-11-14/h12-13,15H,4-11H2,1-3H3. The molecule has 2 aliphatic rings. The minimum Gasteiger partial charge on any atom is -0.381 e. The van der Waals surface area contributed by atoms with Gasteiger partial charge in [0.1, 0.15) is 0 Å². The van der Waals surface area contributed by atoms with E-state index < -0.39 is 0 Å². The van der Waals surface area contributed by atoms with Crippen molar-refractivity contribution in [3.63, 3.8) is 0 Å². The summed E-state index contributed by atoms with van der Waals surface area (Å²) in [4.78, 5) is 2.56. The van der Waals surface area contributed by atoms with Crippen LogP contribution in [-0.4, -0.2) is 63.5 Å². The lowest BCUT2D eigenvalue weighted by Gasteiger charge is -2.44. The first kappa shape index (κ1) is 14.3. The van der Waals surface area contributed by atoms with E-state index in [0.29, 0.717) is 17.6 Å². The Morgan fingerprint density at radius 3 is 2.56 bits per heavy atom. The molecule has 18 heavy (non-hydrogen) atoms. The monoisotopic (exact) mass is 256 g/mol. The molecule has 1 N–H and O–H groups in total. The highest BCUT2D eigenvalue weighted by atomic mass is 16.5. The van der Waals surface area contributed by atoms with Crippen LogP contribution >= 0.6 is 0 Å². The second kappa shape index (κ2) is 6.33. The first-order valence-corrected chi connectivity index (χ1v) is 7.24. The molecule has 2 heterocycles. The Bertz CT molecular complexity index is 239. The van der Waals surface area contributed by atoms with Crippen molar-refractivity contribution < 1.29 is 9.47 Å². The first-order valence-electron chi connectivity index (χ1n) is 7.24. The SMILES string of the molecule is CNCC1(CN2CC(C)OC(C)C2)CCCOC1. The molecule has 0 amide bonds. The summed E-state index contributed by atoms with van der Waals surface area (Å²) in [5, 5.41) is 3.35. The zero-order valence-corrected chi connectivity index (χ0v) is 12.1. The maximum atomic E-state index is 5.81. The lowest BCUT2D eigenvalue weighted by Crippen LogP contribution is -2.53. The van der Waals surface area contributed by atoms with Gasteiger partial charge < -0.3 is 14.8 Å². The quantitative estimate of drug-likeness (QED) is 0.817. The molecule has 0 spiro atoms. The Kier molecular flexibility index (Phi) is 5.01. The molecule has 0 saturated carbocycles. The van der Waals surface area contributed by atoms with Crippen molar-refractivity contribution in [2.45, 2.75) is 38.9 Å². The van der Waals surface area contributed by atoms with E-state index in [0.717, 1.165) is 39.4 Å². The Balaban J connectivity index is 1.95. The highest BCUT2D eigenvalue weighted by molar-refractivity contribution is 4.88. The van der Waals surface area contributed by atoms with Crippen LogP contribution in [0, 0.1) is 5.41 Å². The number of ether oxygens (including phenoxy) is 2. The van der Waals surface area contributed by atoms with E-state index in [2.05, 4.69) is 24.1 Å². The highest BCUT2D eigenvalue weighted by Crippen LogP contribution is 2.30. The van der Waals surface area contributed by atoms with Crippen LogP contribution in [0.15, 0.2) is 0 Å². The van der Waals surface area contributed by atoms with Gasteiger partial charge in [0.05, 0.1) is 18.8 Å². The van der Waals surface area contributed by atoms with Gasteiger partial charge in [-0.3, -0.25) is 4.90 Å². The van der Waals surface area contributed by atoms with Gasteiger partial charge in [-0.15, -0.1) is 0 Å². The third kappa shape index (κ3) is 3.67. The average molecular weight is 256 g/mol. The predicted octanol–water partition coefficient (Wildman–Crippen LogP) is 1.11. The zero-order valence-electron chi connectivity index (χ0n) is 12.1. The van der Waals surface area contributed by atoms with Crippen molar-refractivity contribution >= 4 is 0 Å². The zero-order chi connectivity index (χ0) is 13.0. The fourth-order valence-electron chi connectivity index (χ4n) is 3.49. The second-order valence-electron chi connectivity index (χ2n) is 6.14. The summed E-state index contributed by atoms with van der Waals surface area (Å²) >= 11 is 0. The van der Waals surface area contributed by atoms with Crippen LogP contribution in [0.4, 0.5) is 0 Å². The van der Waals surface area contributed by atoms with E-state index in [1.807, 2.05) is 7.05 Å². The van der Waals surface area contributed by atoms with E-state index in [4.69, 9.17) is 9.47 Å². The summed E-state index contributed by atoms with van der Waals surface area (Å²) in [6, 6.07) is 0. The van der Waals surface area contributed by atoms with Gasteiger partial charge in [-0.2, -0.15) is 0 Å². The molecule has 3 atom stereocenters. The molecule has 2 rings (SSSR count). The van der Waals surface area contributed by atoms with Gasteiger partial charge in [-0.1, -0.05) is 0 Å². The molecule has 2 aliphatic heterocycles. The molecule has 0 radical (unpaired) electrons. The molecule has 4 heteroatoms. The smallest absolute Gasteiger partial charge is 0.0678 e. The summed E-state index contributed by atoms with van der Waals surface area (Å²) in [5.74, 6) is 0. The number of rotatable bonds is 4. The van der Waals surface area contributed by atoms with E-state index in [-0.39, 0.29) is 0 Å². The second-order valence-corrected chi connectivity index (χ2v) is 6.14. The van der Waals surface area contributed by atoms with Crippen LogP contribution in [0.3, 0.4) is 0 Å². The highest BCUT2D eigenvalue weighted by Gasteiger charge is 2.36. The Labute approximate surface area is 111 Å². The Morgan fingerprint density at radius 2 is 2.00 bits per heavy atom. The van der Waals surface area contributed by atoms with E-state index in [1.54, 1.807) is 0 Å². The van der Waals surface area contributed by atoms with Crippen molar-refractivity contribution in [1.29, 1.82) is 0 Å². The number of nitrogens with one attached hydrogen (secondary N) is 1. The van der Waals surface area contributed by atoms with Crippen LogP contribution in [0.1, 0.15) is 26.7 Å². The summed E-state index contributed by atoms with van der Waals surface area (Å²) in [7, 11) is 2.04. The van der Waals surface area contributed by atoms with E-state index in [9.17, 15) is 0 Å². The largest absolute Gasteiger partial charge is 0.381 e. The Morgan fingerprint density at radius 1 is 1.28 bits per heavy atom. The molecule has 0 aromatic carbocycles. The molecular weight excluding hydrogens is 228 g/mol. The number of hydrogen-bond donors (Lipinski definition) is 1. The molecule has 0 aliphatic carbocycles. The number of nitrogens with zero attached hydrogens (tertiary/aromatic N) is 1. The summed E-state index contributed by atoms with van der Waals surface area (Å²) in [6.07, 6.45) is 3.17. The van der Waals surface area contributed by atoms with Crippen LogP contribution in [0.5, 0.6) is 0 Å². The van der Waals surface area contributed by atoms with Gasteiger partial charge in [0, 0.05) is 38.2 Å². The minimum absolute atomic E-state index is 0.295. The maximum Gasteiger partial charge on any atom is 0.0678 e. The van der Waals surface area contributed by atoms with Gasteiger partial charge >= 0.3 is 0 Å². The van der Waals surface area contributed by atoms with Gasteiger partial charge in [0.25, 0.3) is 0 Å². The summed E-state index contributed by atoms with van der Waals surface area (Å²) in [6.45, 7) is 10.5. The van der Waals surface area contributed by atoms with Gasteiger partial charge in [0.15, 0.2) is 0 Å². The molecule has 106 valence electrons. The lowest BCUT2D eigenvalue weighted by atomic mass is 9.81. The molecule has 3 unspecified atom stereocenters. The van der Waals surface area contributed by atoms with Crippen LogP contribution in [0.2, 0.25) is 0 Å². The lowest BCUT2D eigenvalue weighted by molar-refractivity contribution is -0.0928. The molecule has 0 bridgehead atoms. The molecular formula is C14H28N2O2. The third-order valence-electron chi connectivity index (χ3n) is 4.01. The van der Waals surface area contributed by atoms with Crippen molar-refractivity contribution in [2.75, 3.05) is 46.4 Å². The number of hydrogen-bond acceptors (Lipinski definition) is 4. The fraction of sp³-hybridized carbons (Fsp3) is 1.00. The first-order chi connectivity index (χ1) is 8.63. The fourth-order valence-corrected chi connectivity index (χ4v) is 3.49. The summed E-state index contributed by atoms with van der Waals surface area (Å²) < 4.78 is 11.5. The molecule has 4 nitrogen and oxygen atoms in total. The molecule has 2 saturated heterocycles. The topological polar surface area (TPSA) is 33.7 Å². The molecule has 2 fully saturated rings. The van der Waals surface area contributed by atoms with Crippen LogP contribution in [0.25, 0.3) is 0 Å². The maximum absolute atomic E-state index is 5.81. The van der Waals surface area contributed by atoms with Crippen LogP contribution in [-0.2, 0) is 9.47 Å². The normalized spacial score (nSPS) is 38.8. The van der Waals surface area contributed by atoms with Crippen molar-refractivity contribution in [3.05, 3.63) is 0 Å². The van der Waals surface area contributed by atoms with Gasteiger partial charge in [-0.25, -0.2) is 0 Å². The van der Waals surface area contributed by atoms with Gasteiger partial charge in [-0.05, 0) is 33.7 Å². The minimum atomic E-state index is 0.295. The predicted molar refractivity (Wildman–Crippen MR) is 72.9 cm³/mol. The molecule has 0 aromatic rings. The van der Waals surface area contributed by atoms with Crippen molar-refractivity contribution in [3.8, 4) is 0 Å². The van der Waals surface area contributed by atoms with E-state index in [1.165, 1.54) is 12.8 Å². The van der Waals surface area contributed by atoms with E-state index >= 15 is 0 Å². The number of morpholine rings is 1. The van der Waals surface area contributed by atoms with Crippen molar-refractivity contribution in [1.82, 2.24) is 10.2 Å². The molecule has 0 aromatic heterocycles. The summed E-state index contributed by atoms with van der Waals surface area (Å²) in [5.41, 5.74) is 0.295. The third-order valence-corrected chi connectivity index (χ3v) is 4.01. The average Bonchev–Trinajstić information content (AvgIpc) is 2.28. The van der Waals surface area contributed by atoms with Gasteiger partial charge in [0.2, 0.25) is 0 Å². The van der Waals surface area contributed by atoms with Crippen molar-refractivity contribution in [2.24, 2.45) is 5.41 Å². The van der Waals surface area contributed by atoms with Crippen LogP contribution < -0.4 is 5.32 Å². The Hall–Kier alpha value is -0.160.